The van der Waals surface area contributed by atoms with Crippen LogP contribution in [-0.2, 0) is 0 Å². The molecule has 2 fully saturated rings. The van der Waals surface area contributed by atoms with E-state index < -0.39 is 0 Å². The topological polar surface area (TPSA) is 39.2 Å². The molecule has 1 aromatic carbocycles. The van der Waals surface area contributed by atoms with E-state index in [2.05, 4.69) is 33.9 Å². The minimum Gasteiger partial charge on any atom is -0.495 e. The summed E-state index contributed by atoms with van der Waals surface area (Å²) in [4.78, 5) is 7.51. The maximum atomic E-state index is 9.28. The molecule has 0 aromatic heterocycles. The summed E-state index contributed by atoms with van der Waals surface area (Å²) >= 11 is 0. The molecular formula is C19H31N3O2. The Bertz CT molecular complexity index is 517. The number of piperidine rings is 1. The number of aliphatic hydroxyl groups is 1. The van der Waals surface area contributed by atoms with Gasteiger partial charge in [-0.3, -0.25) is 4.90 Å². The quantitative estimate of drug-likeness (QED) is 0.887. The second kappa shape index (κ2) is 8.19. The maximum absolute atomic E-state index is 9.28. The lowest BCUT2D eigenvalue weighted by molar-refractivity contribution is 0.0445. The van der Waals surface area contributed by atoms with Gasteiger partial charge in [-0.2, -0.15) is 0 Å². The SMILES string of the molecule is COc1ccccc1N1CCC(N2CCN(C)[C@@H](CCO)C2)CC1. The van der Waals surface area contributed by atoms with Crippen LogP contribution in [0, 0.1) is 0 Å². The van der Waals surface area contributed by atoms with E-state index in [0.717, 1.165) is 44.9 Å². The van der Waals surface area contributed by atoms with Gasteiger partial charge in [0.1, 0.15) is 5.75 Å². The summed E-state index contributed by atoms with van der Waals surface area (Å²) in [5.74, 6) is 0.971. The Morgan fingerprint density at radius 1 is 1.12 bits per heavy atom. The van der Waals surface area contributed by atoms with Gasteiger partial charge in [0.2, 0.25) is 0 Å². The first-order valence-electron chi connectivity index (χ1n) is 9.16. The van der Waals surface area contributed by atoms with Gasteiger partial charge in [-0.15, -0.1) is 0 Å². The molecule has 2 aliphatic heterocycles. The predicted molar refractivity (Wildman–Crippen MR) is 97.9 cm³/mol. The number of hydrogen-bond acceptors (Lipinski definition) is 5. The van der Waals surface area contributed by atoms with Crippen LogP contribution >= 0.6 is 0 Å². The zero-order valence-electron chi connectivity index (χ0n) is 15.0. The van der Waals surface area contributed by atoms with E-state index in [-0.39, 0.29) is 6.61 Å². The average molecular weight is 333 g/mol. The van der Waals surface area contributed by atoms with Gasteiger partial charge in [-0.1, -0.05) is 12.1 Å². The molecule has 2 aliphatic rings. The van der Waals surface area contributed by atoms with Gasteiger partial charge in [0.15, 0.2) is 0 Å². The second-order valence-electron chi connectivity index (χ2n) is 7.03. The van der Waals surface area contributed by atoms with Crippen LogP contribution in [0.2, 0.25) is 0 Å². The molecule has 2 heterocycles. The zero-order chi connectivity index (χ0) is 16.9. The molecular weight excluding hydrogens is 302 g/mol. The molecule has 24 heavy (non-hydrogen) atoms. The van der Waals surface area contributed by atoms with E-state index in [4.69, 9.17) is 4.74 Å². The summed E-state index contributed by atoms with van der Waals surface area (Å²) in [5.41, 5.74) is 1.22. The molecule has 5 heteroatoms. The van der Waals surface area contributed by atoms with Crippen molar-refractivity contribution in [1.29, 1.82) is 0 Å². The second-order valence-corrected chi connectivity index (χ2v) is 7.03. The lowest BCUT2D eigenvalue weighted by Gasteiger charge is -2.45. The van der Waals surface area contributed by atoms with E-state index in [1.54, 1.807) is 7.11 Å². The van der Waals surface area contributed by atoms with Crippen LogP contribution in [0.25, 0.3) is 0 Å². The van der Waals surface area contributed by atoms with Crippen molar-refractivity contribution in [3.05, 3.63) is 24.3 Å². The summed E-state index contributed by atoms with van der Waals surface area (Å²) < 4.78 is 5.51. The number of anilines is 1. The highest BCUT2D eigenvalue weighted by Crippen LogP contribution is 2.31. The number of para-hydroxylation sites is 2. The minimum atomic E-state index is 0.287. The van der Waals surface area contributed by atoms with Gasteiger partial charge in [0.25, 0.3) is 0 Å². The van der Waals surface area contributed by atoms with Gasteiger partial charge < -0.3 is 19.6 Å². The lowest BCUT2D eigenvalue weighted by Crippen LogP contribution is -2.56. The molecule has 0 amide bonds. The zero-order valence-corrected chi connectivity index (χ0v) is 15.0. The van der Waals surface area contributed by atoms with Gasteiger partial charge in [0.05, 0.1) is 12.8 Å². The van der Waals surface area contributed by atoms with Crippen molar-refractivity contribution >= 4 is 5.69 Å². The Balaban J connectivity index is 1.57. The van der Waals surface area contributed by atoms with Crippen molar-refractivity contribution in [2.24, 2.45) is 0 Å². The highest BCUT2D eigenvalue weighted by Gasteiger charge is 2.31. The van der Waals surface area contributed by atoms with Crippen LogP contribution < -0.4 is 9.64 Å². The first-order chi connectivity index (χ1) is 11.7. The number of aliphatic hydroxyl groups excluding tert-OH is 1. The van der Waals surface area contributed by atoms with Crippen LogP contribution in [0.5, 0.6) is 5.75 Å². The molecule has 1 aromatic rings. The average Bonchev–Trinajstić information content (AvgIpc) is 2.64. The van der Waals surface area contributed by atoms with E-state index in [0.29, 0.717) is 12.1 Å². The predicted octanol–water partition coefficient (Wildman–Crippen LogP) is 1.66. The molecule has 0 unspecified atom stereocenters. The van der Waals surface area contributed by atoms with Crippen molar-refractivity contribution in [2.45, 2.75) is 31.3 Å². The Kier molecular flexibility index (Phi) is 5.98. The fraction of sp³-hybridized carbons (Fsp3) is 0.684. The Morgan fingerprint density at radius 3 is 2.58 bits per heavy atom. The van der Waals surface area contributed by atoms with Gasteiger partial charge in [-0.25, -0.2) is 0 Å². The van der Waals surface area contributed by atoms with E-state index in [9.17, 15) is 5.11 Å². The summed E-state index contributed by atoms with van der Waals surface area (Å²) in [6.45, 7) is 5.81. The molecule has 5 nitrogen and oxygen atoms in total. The fourth-order valence-corrected chi connectivity index (χ4v) is 4.13. The van der Waals surface area contributed by atoms with Crippen LogP contribution in [0.3, 0.4) is 0 Å². The number of ether oxygens (including phenoxy) is 1. The normalized spacial score (nSPS) is 24.3. The molecule has 0 aliphatic carbocycles. The van der Waals surface area contributed by atoms with Crippen molar-refractivity contribution in [3.8, 4) is 5.75 Å². The standard InChI is InChI=1S/C19H31N3O2/c1-20-12-13-22(15-17(20)9-14-23)16-7-10-21(11-8-16)18-5-3-4-6-19(18)24-2/h3-6,16-17,23H,7-15H2,1-2H3/t17-/m0/s1. The minimum absolute atomic E-state index is 0.287. The molecule has 1 atom stereocenters. The van der Waals surface area contributed by atoms with Gasteiger partial charge in [0, 0.05) is 51.4 Å². The summed E-state index contributed by atoms with van der Waals surface area (Å²) in [5, 5.41) is 9.28. The Hall–Kier alpha value is -1.30. The van der Waals surface area contributed by atoms with Crippen LogP contribution in [0.1, 0.15) is 19.3 Å². The fourth-order valence-electron chi connectivity index (χ4n) is 4.13. The number of hydrogen-bond donors (Lipinski definition) is 1. The van der Waals surface area contributed by atoms with Crippen molar-refractivity contribution in [3.63, 3.8) is 0 Å². The third kappa shape index (κ3) is 3.85. The van der Waals surface area contributed by atoms with Crippen LogP contribution in [0.15, 0.2) is 24.3 Å². The highest BCUT2D eigenvalue weighted by atomic mass is 16.5. The molecule has 134 valence electrons. The molecule has 0 spiro atoms. The maximum Gasteiger partial charge on any atom is 0.142 e. The third-order valence-corrected chi connectivity index (χ3v) is 5.68. The number of piperazine rings is 1. The monoisotopic (exact) mass is 333 g/mol. The first kappa shape index (κ1) is 17.5. The van der Waals surface area contributed by atoms with E-state index >= 15 is 0 Å². The largest absolute Gasteiger partial charge is 0.495 e. The first-order valence-corrected chi connectivity index (χ1v) is 9.16. The van der Waals surface area contributed by atoms with E-state index in [1.807, 2.05) is 12.1 Å². The van der Waals surface area contributed by atoms with Gasteiger partial charge >= 0.3 is 0 Å². The molecule has 3 rings (SSSR count). The molecule has 0 radical (unpaired) electrons. The Labute approximate surface area is 145 Å². The highest BCUT2D eigenvalue weighted by molar-refractivity contribution is 5.58. The number of rotatable bonds is 5. The van der Waals surface area contributed by atoms with Gasteiger partial charge in [-0.05, 0) is 38.4 Å². The number of benzene rings is 1. The molecule has 2 saturated heterocycles. The molecule has 0 bridgehead atoms. The number of methoxy groups -OCH3 is 1. The van der Waals surface area contributed by atoms with Crippen molar-refractivity contribution in [2.75, 3.05) is 58.4 Å². The molecule has 1 N–H and O–H groups in total. The van der Waals surface area contributed by atoms with Crippen LogP contribution in [0.4, 0.5) is 5.69 Å². The smallest absolute Gasteiger partial charge is 0.142 e. The summed E-state index contributed by atoms with van der Waals surface area (Å²) in [6, 6.07) is 9.49. The summed E-state index contributed by atoms with van der Waals surface area (Å²) in [7, 11) is 3.93. The number of likely N-dealkylation sites (N-methyl/N-ethyl adjacent to an activating group) is 1. The third-order valence-electron chi connectivity index (χ3n) is 5.68. The van der Waals surface area contributed by atoms with Crippen LogP contribution in [-0.4, -0.2) is 80.5 Å². The van der Waals surface area contributed by atoms with Crippen molar-refractivity contribution in [1.82, 2.24) is 9.80 Å². The lowest BCUT2D eigenvalue weighted by atomic mass is 9.99. The Morgan fingerprint density at radius 2 is 1.88 bits per heavy atom. The number of nitrogens with zero attached hydrogens (tertiary/aromatic N) is 3. The molecule has 0 saturated carbocycles. The van der Waals surface area contributed by atoms with E-state index in [1.165, 1.54) is 18.5 Å². The summed E-state index contributed by atoms with van der Waals surface area (Å²) in [6.07, 6.45) is 3.29. The van der Waals surface area contributed by atoms with Crippen molar-refractivity contribution < 1.29 is 9.84 Å².